The minimum absolute atomic E-state index is 0.0183. The smallest absolute Gasteiger partial charge is 0.260 e. The summed E-state index contributed by atoms with van der Waals surface area (Å²) >= 11 is 3.38. The molecule has 1 aromatic carbocycles. The van der Waals surface area contributed by atoms with E-state index in [1.54, 1.807) is 12.1 Å². The van der Waals surface area contributed by atoms with Crippen LogP contribution in [0.25, 0.3) is 0 Å². The van der Waals surface area contributed by atoms with Crippen LogP contribution in [0.5, 0.6) is 11.5 Å². The molecule has 0 spiro atoms. The molecule has 0 N–H and O–H groups in total. The zero-order valence-corrected chi connectivity index (χ0v) is 15.1. The Hall–Kier alpha value is -1.74. The van der Waals surface area contributed by atoms with Crippen LogP contribution < -0.4 is 9.47 Å². The molecule has 0 aliphatic carbocycles. The highest BCUT2D eigenvalue weighted by Gasteiger charge is 2.22. The average molecular weight is 381 g/mol. The first kappa shape index (κ1) is 17.6. The van der Waals surface area contributed by atoms with Crippen LogP contribution in [-0.2, 0) is 4.79 Å². The van der Waals surface area contributed by atoms with Crippen LogP contribution >= 0.6 is 15.9 Å². The molecule has 1 atom stereocenters. The van der Waals surface area contributed by atoms with Crippen LogP contribution in [0.2, 0.25) is 0 Å². The molecule has 5 nitrogen and oxygen atoms in total. The number of piperidine rings is 1. The third-order valence-electron chi connectivity index (χ3n) is 3.79. The van der Waals surface area contributed by atoms with E-state index >= 15 is 0 Å². The van der Waals surface area contributed by atoms with Crippen molar-refractivity contribution >= 4 is 21.8 Å². The van der Waals surface area contributed by atoms with Gasteiger partial charge in [0.1, 0.15) is 0 Å². The van der Waals surface area contributed by atoms with Crippen molar-refractivity contribution in [3.05, 3.63) is 22.2 Å². The van der Waals surface area contributed by atoms with Crippen molar-refractivity contribution in [3.63, 3.8) is 0 Å². The summed E-state index contributed by atoms with van der Waals surface area (Å²) in [5.74, 6) is 1.45. The molecule has 1 fully saturated rings. The molecule has 1 heterocycles. The van der Waals surface area contributed by atoms with Crippen LogP contribution in [0, 0.1) is 17.2 Å². The van der Waals surface area contributed by atoms with Gasteiger partial charge in [-0.15, -0.1) is 0 Å². The molecule has 2 rings (SSSR count). The maximum atomic E-state index is 12.3. The first-order valence-electron chi connectivity index (χ1n) is 7.82. The molecule has 1 amide bonds. The van der Waals surface area contributed by atoms with E-state index in [9.17, 15) is 4.79 Å². The fourth-order valence-corrected chi connectivity index (χ4v) is 3.23. The summed E-state index contributed by atoms with van der Waals surface area (Å²) in [7, 11) is 0. The predicted octanol–water partition coefficient (Wildman–Crippen LogP) is 3.36. The fraction of sp³-hybridized carbons (Fsp3) is 0.529. The molecule has 1 saturated heterocycles. The second kappa shape index (κ2) is 8.21. The van der Waals surface area contributed by atoms with E-state index in [2.05, 4.69) is 28.9 Å². The molecule has 124 valence electrons. The van der Waals surface area contributed by atoms with Crippen LogP contribution in [-0.4, -0.2) is 37.1 Å². The van der Waals surface area contributed by atoms with Gasteiger partial charge in [-0.1, -0.05) is 6.92 Å². The van der Waals surface area contributed by atoms with Gasteiger partial charge in [-0.3, -0.25) is 4.79 Å². The van der Waals surface area contributed by atoms with Crippen molar-refractivity contribution in [3.8, 4) is 17.6 Å². The Morgan fingerprint density at radius 2 is 2.26 bits per heavy atom. The summed E-state index contributed by atoms with van der Waals surface area (Å²) in [6.45, 7) is 6.02. The molecule has 1 aliphatic rings. The van der Waals surface area contributed by atoms with Crippen molar-refractivity contribution < 1.29 is 14.3 Å². The zero-order chi connectivity index (χ0) is 16.8. The van der Waals surface area contributed by atoms with Crippen LogP contribution in [0.1, 0.15) is 32.3 Å². The normalized spacial score (nSPS) is 17.5. The summed E-state index contributed by atoms with van der Waals surface area (Å²) < 4.78 is 11.8. The minimum Gasteiger partial charge on any atom is -0.490 e. The van der Waals surface area contributed by atoms with Gasteiger partial charge in [-0.05, 0) is 47.7 Å². The van der Waals surface area contributed by atoms with E-state index in [1.165, 1.54) is 6.42 Å². The first-order valence-corrected chi connectivity index (χ1v) is 8.61. The molecule has 0 saturated carbocycles. The average Bonchev–Trinajstić information content (AvgIpc) is 2.53. The Balaban J connectivity index is 2.07. The van der Waals surface area contributed by atoms with Gasteiger partial charge in [-0.2, -0.15) is 5.26 Å². The quantitative estimate of drug-likeness (QED) is 0.785. The number of likely N-dealkylation sites (tertiary alicyclic amines) is 1. The van der Waals surface area contributed by atoms with Gasteiger partial charge in [-0.25, -0.2) is 0 Å². The summed E-state index contributed by atoms with van der Waals surface area (Å²) in [6.07, 6.45) is 2.21. The van der Waals surface area contributed by atoms with Gasteiger partial charge < -0.3 is 14.4 Å². The lowest BCUT2D eigenvalue weighted by molar-refractivity contribution is -0.135. The zero-order valence-electron chi connectivity index (χ0n) is 13.5. The molecule has 1 aromatic rings. The van der Waals surface area contributed by atoms with Gasteiger partial charge in [0.2, 0.25) is 0 Å². The Kier molecular flexibility index (Phi) is 6.28. The van der Waals surface area contributed by atoms with E-state index in [1.807, 2.05) is 11.8 Å². The molecule has 0 aromatic heterocycles. The standard InChI is InChI=1S/C17H21BrN2O3/c1-3-22-15-8-13(9-19)7-14(18)17(15)23-11-16(21)20-6-4-5-12(2)10-20/h7-8,12H,3-6,10-11H2,1-2H3. The van der Waals surface area contributed by atoms with Crippen LogP contribution in [0.4, 0.5) is 0 Å². The topological polar surface area (TPSA) is 62.6 Å². The maximum Gasteiger partial charge on any atom is 0.260 e. The van der Waals surface area contributed by atoms with Crippen LogP contribution in [0.3, 0.4) is 0 Å². The number of hydrogen-bond donors (Lipinski definition) is 0. The number of nitriles is 1. The number of ether oxygens (including phenoxy) is 2. The van der Waals surface area contributed by atoms with Gasteiger partial charge in [0.05, 0.1) is 22.7 Å². The number of amides is 1. The number of nitrogens with zero attached hydrogens (tertiary/aromatic N) is 2. The van der Waals surface area contributed by atoms with Gasteiger partial charge in [0, 0.05) is 19.2 Å². The highest BCUT2D eigenvalue weighted by atomic mass is 79.9. The van der Waals surface area contributed by atoms with Gasteiger partial charge >= 0.3 is 0 Å². The van der Waals surface area contributed by atoms with E-state index in [0.717, 1.165) is 19.5 Å². The molecule has 0 bridgehead atoms. The fourth-order valence-electron chi connectivity index (χ4n) is 2.68. The Morgan fingerprint density at radius 1 is 1.48 bits per heavy atom. The molecule has 6 heteroatoms. The maximum absolute atomic E-state index is 12.3. The van der Waals surface area contributed by atoms with Crippen molar-refractivity contribution in [2.24, 2.45) is 5.92 Å². The summed E-state index contributed by atoms with van der Waals surface area (Å²) in [6, 6.07) is 5.35. The molecule has 1 unspecified atom stereocenters. The highest BCUT2D eigenvalue weighted by molar-refractivity contribution is 9.10. The lowest BCUT2D eigenvalue weighted by Gasteiger charge is -2.31. The Morgan fingerprint density at radius 3 is 2.91 bits per heavy atom. The summed E-state index contributed by atoms with van der Waals surface area (Å²) in [4.78, 5) is 14.2. The third kappa shape index (κ3) is 4.61. The van der Waals surface area contributed by atoms with E-state index in [-0.39, 0.29) is 12.5 Å². The van der Waals surface area contributed by atoms with Crippen molar-refractivity contribution in [2.75, 3.05) is 26.3 Å². The highest BCUT2D eigenvalue weighted by Crippen LogP contribution is 2.36. The number of halogens is 1. The molecular formula is C17H21BrN2O3. The van der Waals surface area contributed by atoms with E-state index < -0.39 is 0 Å². The summed E-state index contributed by atoms with van der Waals surface area (Å²) in [5, 5.41) is 9.03. The Bertz CT molecular complexity index is 613. The molecular weight excluding hydrogens is 360 g/mol. The first-order chi connectivity index (χ1) is 11.0. The molecule has 23 heavy (non-hydrogen) atoms. The summed E-state index contributed by atoms with van der Waals surface area (Å²) in [5.41, 5.74) is 0.476. The minimum atomic E-state index is -0.0305. The second-order valence-electron chi connectivity index (χ2n) is 5.71. The van der Waals surface area contributed by atoms with Crippen molar-refractivity contribution in [2.45, 2.75) is 26.7 Å². The number of rotatable bonds is 5. The number of benzene rings is 1. The van der Waals surface area contributed by atoms with Gasteiger partial charge in [0.15, 0.2) is 18.1 Å². The lowest BCUT2D eigenvalue weighted by atomic mass is 10.0. The number of hydrogen-bond acceptors (Lipinski definition) is 4. The third-order valence-corrected chi connectivity index (χ3v) is 4.38. The van der Waals surface area contributed by atoms with E-state index in [0.29, 0.717) is 34.1 Å². The number of carbonyl (C=O) groups is 1. The Labute approximate surface area is 145 Å². The predicted molar refractivity (Wildman–Crippen MR) is 90.5 cm³/mol. The largest absolute Gasteiger partial charge is 0.490 e. The van der Waals surface area contributed by atoms with Crippen LogP contribution in [0.15, 0.2) is 16.6 Å². The number of carbonyl (C=O) groups excluding carboxylic acids is 1. The van der Waals surface area contributed by atoms with Crippen molar-refractivity contribution in [1.29, 1.82) is 5.26 Å². The SMILES string of the molecule is CCOc1cc(C#N)cc(Br)c1OCC(=O)N1CCCC(C)C1. The molecule has 0 radical (unpaired) electrons. The van der Waals surface area contributed by atoms with E-state index in [4.69, 9.17) is 14.7 Å². The lowest BCUT2D eigenvalue weighted by Crippen LogP contribution is -2.41. The van der Waals surface area contributed by atoms with Crippen molar-refractivity contribution in [1.82, 2.24) is 4.90 Å². The monoisotopic (exact) mass is 380 g/mol. The molecule has 1 aliphatic heterocycles. The van der Waals surface area contributed by atoms with Gasteiger partial charge in [0.25, 0.3) is 5.91 Å². The second-order valence-corrected chi connectivity index (χ2v) is 6.56.